The van der Waals surface area contributed by atoms with Gasteiger partial charge < -0.3 is 10.6 Å². The Kier molecular flexibility index (Phi) is 6.25. The van der Waals surface area contributed by atoms with Crippen LogP contribution in [-0.2, 0) is 11.2 Å². The predicted octanol–water partition coefficient (Wildman–Crippen LogP) is 1.92. The summed E-state index contributed by atoms with van der Waals surface area (Å²) in [5, 5.41) is 6.15. The van der Waals surface area contributed by atoms with Crippen LogP contribution >= 0.6 is 0 Å². The highest BCUT2D eigenvalue weighted by Crippen LogP contribution is 2.06. The first-order chi connectivity index (χ1) is 9.02. The highest BCUT2D eigenvalue weighted by molar-refractivity contribution is 5.77. The van der Waals surface area contributed by atoms with E-state index in [0.717, 1.165) is 36.7 Å². The van der Waals surface area contributed by atoms with E-state index in [1.165, 1.54) is 0 Å². The van der Waals surface area contributed by atoms with Crippen LogP contribution in [-0.4, -0.2) is 29.0 Å². The minimum atomic E-state index is 0.0459. The summed E-state index contributed by atoms with van der Waals surface area (Å²) >= 11 is 0. The molecule has 0 saturated heterocycles. The van der Waals surface area contributed by atoms with Gasteiger partial charge in [0.05, 0.1) is 0 Å². The Balaban J connectivity index is 2.29. The molecular weight excluding hydrogens is 240 g/mol. The Morgan fingerprint density at radius 2 is 2.05 bits per heavy atom. The van der Waals surface area contributed by atoms with E-state index in [2.05, 4.69) is 27.5 Å². The third-order valence-corrected chi connectivity index (χ3v) is 2.74. The average Bonchev–Trinajstić information content (AvgIpc) is 2.37. The van der Waals surface area contributed by atoms with Crippen molar-refractivity contribution in [3.8, 4) is 0 Å². The lowest BCUT2D eigenvalue weighted by Crippen LogP contribution is -2.29. The molecule has 0 aliphatic carbocycles. The van der Waals surface area contributed by atoms with Crippen molar-refractivity contribution in [3.05, 3.63) is 17.6 Å². The quantitative estimate of drug-likeness (QED) is 0.738. The summed E-state index contributed by atoms with van der Waals surface area (Å²) in [6.45, 7) is 9.24. The van der Waals surface area contributed by atoms with Crippen LogP contribution in [0.15, 0.2) is 6.07 Å². The SMILES string of the molecule is CCc1cc(NCCCNC(=O)C(C)C)nc(C)n1. The summed E-state index contributed by atoms with van der Waals surface area (Å²) in [6.07, 6.45) is 1.78. The Hall–Kier alpha value is -1.65. The summed E-state index contributed by atoms with van der Waals surface area (Å²) < 4.78 is 0. The first kappa shape index (κ1) is 15.4. The lowest BCUT2D eigenvalue weighted by molar-refractivity contribution is -0.123. The molecule has 1 aromatic rings. The van der Waals surface area contributed by atoms with Gasteiger partial charge in [-0.1, -0.05) is 20.8 Å². The maximum absolute atomic E-state index is 11.4. The minimum absolute atomic E-state index is 0.0459. The number of aryl methyl sites for hydroxylation is 2. The fourth-order valence-electron chi connectivity index (χ4n) is 1.62. The maximum Gasteiger partial charge on any atom is 0.222 e. The van der Waals surface area contributed by atoms with E-state index in [1.54, 1.807) is 0 Å². The molecule has 0 unspecified atom stereocenters. The van der Waals surface area contributed by atoms with Crippen molar-refractivity contribution in [1.29, 1.82) is 0 Å². The zero-order chi connectivity index (χ0) is 14.3. The molecule has 5 heteroatoms. The van der Waals surface area contributed by atoms with Gasteiger partial charge in [0.2, 0.25) is 5.91 Å². The number of nitrogens with zero attached hydrogens (tertiary/aromatic N) is 2. The van der Waals surface area contributed by atoms with E-state index in [0.29, 0.717) is 6.54 Å². The monoisotopic (exact) mass is 264 g/mol. The van der Waals surface area contributed by atoms with Crippen LogP contribution in [0.25, 0.3) is 0 Å². The maximum atomic E-state index is 11.4. The Morgan fingerprint density at radius 1 is 1.32 bits per heavy atom. The van der Waals surface area contributed by atoms with Gasteiger partial charge in [-0.2, -0.15) is 0 Å². The second kappa shape index (κ2) is 7.71. The third-order valence-electron chi connectivity index (χ3n) is 2.74. The van der Waals surface area contributed by atoms with E-state index in [4.69, 9.17) is 0 Å². The highest BCUT2D eigenvalue weighted by atomic mass is 16.1. The second-order valence-corrected chi connectivity index (χ2v) is 4.87. The second-order valence-electron chi connectivity index (χ2n) is 4.87. The van der Waals surface area contributed by atoms with Gasteiger partial charge >= 0.3 is 0 Å². The number of rotatable bonds is 7. The molecule has 1 rings (SSSR count). The molecule has 2 N–H and O–H groups in total. The Bertz CT molecular complexity index is 418. The van der Waals surface area contributed by atoms with Gasteiger partial charge in [-0.15, -0.1) is 0 Å². The Labute approximate surface area is 115 Å². The fourth-order valence-corrected chi connectivity index (χ4v) is 1.62. The van der Waals surface area contributed by atoms with E-state index < -0.39 is 0 Å². The molecule has 1 heterocycles. The molecule has 0 atom stereocenters. The zero-order valence-corrected chi connectivity index (χ0v) is 12.3. The summed E-state index contributed by atoms with van der Waals surface area (Å²) in [7, 11) is 0. The number of anilines is 1. The lowest BCUT2D eigenvalue weighted by Gasteiger charge is -2.09. The minimum Gasteiger partial charge on any atom is -0.370 e. The summed E-state index contributed by atoms with van der Waals surface area (Å²) in [4.78, 5) is 20.0. The van der Waals surface area contributed by atoms with Crippen molar-refractivity contribution < 1.29 is 4.79 Å². The van der Waals surface area contributed by atoms with Crippen molar-refractivity contribution >= 4 is 11.7 Å². The zero-order valence-electron chi connectivity index (χ0n) is 12.3. The van der Waals surface area contributed by atoms with Gasteiger partial charge in [0, 0.05) is 30.8 Å². The van der Waals surface area contributed by atoms with Crippen LogP contribution in [0.1, 0.15) is 38.7 Å². The van der Waals surface area contributed by atoms with Crippen LogP contribution in [0.3, 0.4) is 0 Å². The molecule has 5 nitrogen and oxygen atoms in total. The molecule has 0 aliphatic rings. The summed E-state index contributed by atoms with van der Waals surface area (Å²) in [5.41, 5.74) is 1.04. The van der Waals surface area contributed by atoms with E-state index in [-0.39, 0.29) is 11.8 Å². The molecule has 0 saturated carbocycles. The average molecular weight is 264 g/mol. The molecule has 0 fully saturated rings. The number of carbonyl (C=O) groups is 1. The van der Waals surface area contributed by atoms with Crippen molar-refractivity contribution in [2.45, 2.75) is 40.5 Å². The van der Waals surface area contributed by atoms with E-state index in [1.807, 2.05) is 26.8 Å². The van der Waals surface area contributed by atoms with Crippen LogP contribution in [0.2, 0.25) is 0 Å². The van der Waals surface area contributed by atoms with Gasteiger partial charge in [0.25, 0.3) is 0 Å². The first-order valence-corrected chi connectivity index (χ1v) is 6.89. The molecule has 19 heavy (non-hydrogen) atoms. The predicted molar refractivity (Wildman–Crippen MR) is 77.1 cm³/mol. The van der Waals surface area contributed by atoms with Crippen LogP contribution < -0.4 is 10.6 Å². The van der Waals surface area contributed by atoms with Gasteiger partial charge in [0.15, 0.2) is 0 Å². The normalized spacial score (nSPS) is 10.6. The smallest absolute Gasteiger partial charge is 0.222 e. The van der Waals surface area contributed by atoms with Gasteiger partial charge in [0.1, 0.15) is 11.6 Å². The number of amides is 1. The first-order valence-electron chi connectivity index (χ1n) is 6.89. The molecule has 1 amide bonds. The van der Waals surface area contributed by atoms with Crippen LogP contribution in [0, 0.1) is 12.8 Å². The number of hydrogen-bond donors (Lipinski definition) is 2. The molecular formula is C14H24N4O. The summed E-state index contributed by atoms with van der Waals surface area (Å²) in [5.74, 6) is 1.80. The van der Waals surface area contributed by atoms with Gasteiger partial charge in [-0.05, 0) is 19.8 Å². The third kappa shape index (κ3) is 5.68. The number of carbonyl (C=O) groups excluding carboxylic acids is 1. The number of hydrogen-bond acceptors (Lipinski definition) is 4. The fraction of sp³-hybridized carbons (Fsp3) is 0.643. The topological polar surface area (TPSA) is 66.9 Å². The van der Waals surface area contributed by atoms with Gasteiger partial charge in [-0.25, -0.2) is 9.97 Å². The Morgan fingerprint density at radius 3 is 2.68 bits per heavy atom. The molecule has 0 spiro atoms. The van der Waals surface area contributed by atoms with E-state index >= 15 is 0 Å². The van der Waals surface area contributed by atoms with E-state index in [9.17, 15) is 4.79 Å². The van der Waals surface area contributed by atoms with Crippen molar-refractivity contribution in [3.63, 3.8) is 0 Å². The van der Waals surface area contributed by atoms with Gasteiger partial charge in [-0.3, -0.25) is 4.79 Å². The van der Waals surface area contributed by atoms with Crippen LogP contribution in [0.5, 0.6) is 0 Å². The lowest BCUT2D eigenvalue weighted by atomic mass is 10.2. The molecule has 106 valence electrons. The number of nitrogens with one attached hydrogen (secondary N) is 2. The molecule has 0 radical (unpaired) electrons. The standard InChI is InChI=1S/C14H24N4O/c1-5-12-9-13(18-11(4)17-12)15-7-6-8-16-14(19)10(2)3/h9-10H,5-8H2,1-4H3,(H,16,19)(H,15,17,18). The highest BCUT2D eigenvalue weighted by Gasteiger charge is 2.05. The van der Waals surface area contributed by atoms with Crippen molar-refractivity contribution in [1.82, 2.24) is 15.3 Å². The van der Waals surface area contributed by atoms with Crippen LogP contribution in [0.4, 0.5) is 5.82 Å². The number of aromatic nitrogens is 2. The van der Waals surface area contributed by atoms with Crippen molar-refractivity contribution in [2.24, 2.45) is 5.92 Å². The molecule has 0 bridgehead atoms. The molecule has 1 aromatic heterocycles. The van der Waals surface area contributed by atoms with Crippen molar-refractivity contribution in [2.75, 3.05) is 18.4 Å². The summed E-state index contributed by atoms with van der Waals surface area (Å²) in [6, 6.07) is 1.97. The molecule has 0 aliphatic heterocycles. The largest absolute Gasteiger partial charge is 0.370 e. The molecule has 0 aromatic carbocycles.